The molecule has 1 aliphatic carbocycles. The number of hydrogen-bond acceptors (Lipinski definition) is 11. The summed E-state index contributed by atoms with van der Waals surface area (Å²) < 4.78 is 41.0. The topological polar surface area (TPSA) is 163 Å². The summed E-state index contributed by atoms with van der Waals surface area (Å²) in [5.41, 5.74) is 5.47. The number of piperazine rings is 1. The molecule has 0 radical (unpaired) electrons. The number of ether oxygens (including phenoxy) is 1. The molecule has 63 heavy (non-hydrogen) atoms. The minimum Gasteiger partial charge on any atom is -0.477 e. The van der Waals surface area contributed by atoms with Crippen molar-refractivity contribution >= 4 is 46.1 Å². The van der Waals surface area contributed by atoms with Gasteiger partial charge in [0, 0.05) is 86.5 Å². The van der Waals surface area contributed by atoms with Crippen LogP contribution in [0, 0.1) is 30.4 Å². The van der Waals surface area contributed by atoms with Crippen LogP contribution in [0.15, 0.2) is 48.7 Å². The molecule has 5 aliphatic rings. The molecule has 15 nitrogen and oxygen atoms in total. The van der Waals surface area contributed by atoms with Gasteiger partial charge in [-0.05, 0) is 99.7 Å². The number of piperidine rings is 2. The van der Waals surface area contributed by atoms with E-state index >= 15 is 8.78 Å². The van der Waals surface area contributed by atoms with Crippen LogP contribution in [0.3, 0.4) is 0 Å². The minimum atomic E-state index is -1.02. The first-order chi connectivity index (χ1) is 30.6. The number of aliphatic hydroxyl groups is 1. The standard InChI is InChI=1S/C46H52F2N10O5/c1-27-18-30-20-39(50-27)35-24-49-58(16-17-59)45(35)63-26-29-3-2-28(19-29)25-57-40-23-32(4-6-38(40)51-46(57)53-43(30)61)56-14-12-55(13-15-56)31-8-10-54(11-9-31)33-21-36(47)42(37(48)22-33)34-5-7-41(60)52-44(34)62/h4,6,18,20-24,28-29,31,34,59H,2-3,5,7-17,19,25-26H2,1H3,(H,51,53,61)(H,52,60,62)/t28-,29+,34-/m1/s1. The van der Waals surface area contributed by atoms with Crippen molar-refractivity contribution in [3.8, 4) is 17.1 Å². The third-order valence-corrected chi connectivity index (χ3v) is 13.8. The van der Waals surface area contributed by atoms with E-state index < -0.39 is 29.4 Å². The average Bonchev–Trinajstić information content (AvgIpc) is 4.00. The molecule has 3 N–H and O–H groups in total. The molecule has 3 atom stereocenters. The molecule has 5 aromatic rings. The summed E-state index contributed by atoms with van der Waals surface area (Å²) >= 11 is 0. The number of benzene rings is 2. The summed E-state index contributed by atoms with van der Waals surface area (Å²) in [5, 5.41) is 19.6. The van der Waals surface area contributed by atoms with Gasteiger partial charge in [0.1, 0.15) is 11.6 Å². The second-order valence-corrected chi connectivity index (χ2v) is 17.8. The SMILES string of the molecule is Cc1cc2cc(n1)-c1cnn(CCO)c1OC[C@H]1CC[C@H](C1)Cn1c(nc3ccc(N4CCN(C5CCN(c6cc(F)c([C@H]7CCC(=O)NC7=O)c(F)c6)CC5)CC4)cc31)NC2=O. The highest BCUT2D eigenvalue weighted by Crippen LogP contribution is 2.38. The van der Waals surface area contributed by atoms with Crippen LogP contribution in [-0.4, -0.2) is 111 Å². The summed E-state index contributed by atoms with van der Waals surface area (Å²) in [6, 6.07) is 12.9. The van der Waals surface area contributed by atoms with Crippen LogP contribution in [0.2, 0.25) is 0 Å². The molecule has 4 bridgehead atoms. The first-order valence-corrected chi connectivity index (χ1v) is 22.2. The lowest BCUT2D eigenvalue weighted by molar-refractivity contribution is -0.134. The van der Waals surface area contributed by atoms with E-state index in [0.717, 1.165) is 75.0 Å². The van der Waals surface area contributed by atoms with Crippen molar-refractivity contribution in [3.63, 3.8) is 0 Å². The number of aliphatic hydroxyl groups excluding tert-OH is 1. The van der Waals surface area contributed by atoms with Crippen molar-refractivity contribution in [2.75, 3.05) is 67.6 Å². The van der Waals surface area contributed by atoms with Crippen LogP contribution in [0.1, 0.15) is 72.5 Å². The first kappa shape index (κ1) is 41.1. The second-order valence-electron chi connectivity index (χ2n) is 17.8. The van der Waals surface area contributed by atoms with Crippen LogP contribution >= 0.6 is 0 Å². The molecule has 4 fully saturated rings. The van der Waals surface area contributed by atoms with Gasteiger partial charge in [0.15, 0.2) is 0 Å². The Bertz CT molecular complexity index is 2560. The molecule has 1 saturated carbocycles. The lowest BCUT2D eigenvalue weighted by Gasteiger charge is -2.44. The van der Waals surface area contributed by atoms with Gasteiger partial charge in [-0.25, -0.2) is 18.4 Å². The summed E-state index contributed by atoms with van der Waals surface area (Å²) in [6.07, 6.45) is 6.56. The normalized spacial score (nSPS) is 22.5. The molecule has 3 aromatic heterocycles. The Morgan fingerprint density at radius 2 is 1.60 bits per heavy atom. The maximum Gasteiger partial charge on any atom is 0.258 e. The van der Waals surface area contributed by atoms with Crippen LogP contribution in [0.5, 0.6) is 5.88 Å². The van der Waals surface area contributed by atoms with E-state index in [9.17, 15) is 19.5 Å². The molecule has 3 saturated heterocycles. The number of nitrogens with zero attached hydrogens (tertiary/aromatic N) is 8. The fourth-order valence-corrected chi connectivity index (χ4v) is 10.5. The van der Waals surface area contributed by atoms with Crippen molar-refractivity contribution in [1.29, 1.82) is 0 Å². The highest BCUT2D eigenvalue weighted by Gasteiger charge is 2.35. The summed E-state index contributed by atoms with van der Waals surface area (Å²) in [4.78, 5) is 54.6. The number of pyridine rings is 1. The number of carbonyl (C=O) groups is 3. The molecule has 10 rings (SSSR count). The van der Waals surface area contributed by atoms with Gasteiger partial charge in [0.05, 0.1) is 54.2 Å². The summed E-state index contributed by atoms with van der Waals surface area (Å²) in [6.45, 7) is 8.06. The van der Waals surface area contributed by atoms with Crippen LogP contribution in [0.25, 0.3) is 22.3 Å². The highest BCUT2D eigenvalue weighted by atomic mass is 19.1. The van der Waals surface area contributed by atoms with Crippen molar-refractivity contribution in [3.05, 3.63) is 77.1 Å². The van der Waals surface area contributed by atoms with Gasteiger partial charge in [-0.15, -0.1) is 0 Å². The first-order valence-electron chi connectivity index (χ1n) is 22.2. The Morgan fingerprint density at radius 3 is 2.37 bits per heavy atom. The van der Waals surface area contributed by atoms with E-state index in [0.29, 0.717) is 84.1 Å². The molecule has 330 valence electrons. The molecule has 0 unspecified atom stereocenters. The number of carbonyl (C=O) groups excluding carboxylic acids is 3. The van der Waals surface area contributed by atoms with Crippen molar-refractivity contribution < 1.29 is 33.0 Å². The molecular formula is C46H52F2N10O5. The van der Waals surface area contributed by atoms with Gasteiger partial charge >= 0.3 is 0 Å². The molecule has 17 heteroatoms. The number of nitrogens with one attached hydrogen (secondary N) is 2. The van der Waals surface area contributed by atoms with Gasteiger partial charge in [0.25, 0.3) is 5.91 Å². The smallest absolute Gasteiger partial charge is 0.258 e. The Kier molecular flexibility index (Phi) is 11.1. The number of hydrogen-bond donors (Lipinski definition) is 3. The van der Waals surface area contributed by atoms with E-state index in [1.54, 1.807) is 23.0 Å². The number of aromatic nitrogens is 5. The zero-order valence-electron chi connectivity index (χ0n) is 35.4. The molecule has 3 amide bonds. The van der Waals surface area contributed by atoms with Gasteiger partial charge in [-0.2, -0.15) is 5.10 Å². The predicted octanol–water partition coefficient (Wildman–Crippen LogP) is 5.25. The molecule has 0 spiro atoms. The Morgan fingerprint density at radius 1 is 0.841 bits per heavy atom. The number of fused-ring (bicyclic) bond motifs is 9. The third kappa shape index (κ3) is 8.12. The zero-order valence-corrected chi connectivity index (χ0v) is 35.4. The Balaban J connectivity index is 0.827. The quantitative estimate of drug-likeness (QED) is 0.191. The fraction of sp³-hybridized carbons (Fsp3) is 0.478. The van der Waals surface area contributed by atoms with E-state index in [4.69, 9.17) is 14.7 Å². The average molecular weight is 863 g/mol. The summed E-state index contributed by atoms with van der Waals surface area (Å²) in [5.74, 6) is -2.13. The van der Waals surface area contributed by atoms with E-state index in [-0.39, 0.29) is 37.5 Å². The summed E-state index contributed by atoms with van der Waals surface area (Å²) in [7, 11) is 0. The Hall–Kier alpha value is -5.94. The number of amides is 3. The van der Waals surface area contributed by atoms with E-state index in [1.807, 2.05) is 17.9 Å². The van der Waals surface area contributed by atoms with Gasteiger partial charge in [-0.3, -0.25) is 34.9 Å². The number of aryl methyl sites for hydroxylation is 1. The van der Waals surface area contributed by atoms with Crippen LogP contribution in [0.4, 0.5) is 26.1 Å². The molecule has 7 heterocycles. The van der Waals surface area contributed by atoms with Crippen molar-refractivity contribution in [2.24, 2.45) is 11.8 Å². The lowest BCUT2D eigenvalue weighted by atomic mass is 9.89. The third-order valence-electron chi connectivity index (χ3n) is 13.8. The monoisotopic (exact) mass is 862 g/mol. The highest BCUT2D eigenvalue weighted by molar-refractivity contribution is 6.05. The van der Waals surface area contributed by atoms with Crippen LogP contribution < -0.4 is 25.2 Å². The lowest BCUT2D eigenvalue weighted by Crippen LogP contribution is -2.53. The predicted molar refractivity (Wildman–Crippen MR) is 232 cm³/mol. The van der Waals surface area contributed by atoms with E-state index in [2.05, 4.69) is 42.2 Å². The van der Waals surface area contributed by atoms with Gasteiger partial charge in [0.2, 0.25) is 23.6 Å². The number of anilines is 3. The number of halogens is 2. The van der Waals surface area contributed by atoms with Gasteiger partial charge in [-0.1, -0.05) is 0 Å². The fourth-order valence-electron chi connectivity index (χ4n) is 10.5. The molecule has 2 aromatic carbocycles. The maximum atomic E-state index is 15.3. The number of rotatable bonds is 6. The van der Waals surface area contributed by atoms with Gasteiger partial charge < -0.3 is 24.2 Å². The minimum absolute atomic E-state index is 0.0540. The number of imidazole rings is 1. The number of imide groups is 1. The van der Waals surface area contributed by atoms with Crippen LogP contribution in [-0.2, 0) is 22.7 Å². The van der Waals surface area contributed by atoms with Crippen molar-refractivity contribution in [2.45, 2.75) is 76.9 Å². The maximum absolute atomic E-state index is 15.3. The Labute approximate surface area is 363 Å². The van der Waals surface area contributed by atoms with E-state index in [1.165, 1.54) is 12.1 Å². The molecular weight excluding hydrogens is 811 g/mol. The largest absolute Gasteiger partial charge is 0.477 e. The second kappa shape index (κ2) is 17.0. The zero-order chi connectivity index (χ0) is 43.4. The van der Waals surface area contributed by atoms with Crippen molar-refractivity contribution in [1.82, 2.24) is 34.5 Å². The molecule has 4 aliphatic heterocycles.